The Labute approximate surface area is 202 Å². The number of hydrogen-bond donors (Lipinski definition) is 2. The fraction of sp³-hybridized carbons (Fsp3) is 0.435. The standard InChI is InChI=1S/C23H33N3O4.HI/c1-17-9-10-19(22(13-17)29-12-11-27-4)16-26-23(24-3)25-15-18(2)30-21-8-6-7-20(14-21)28-5;/h6-10,13-14,18H,11-12,15-16H2,1-5H3,(H2,24,25,26);1H. The fourth-order valence-corrected chi connectivity index (χ4v) is 2.77. The first kappa shape index (κ1) is 26.8. The highest BCUT2D eigenvalue weighted by Gasteiger charge is 2.09. The first-order valence-electron chi connectivity index (χ1n) is 10.0. The van der Waals surface area contributed by atoms with Crippen molar-refractivity contribution < 1.29 is 18.9 Å². The van der Waals surface area contributed by atoms with E-state index in [1.165, 1.54) is 0 Å². The number of ether oxygens (including phenoxy) is 4. The number of rotatable bonds is 11. The third-order valence-electron chi connectivity index (χ3n) is 4.37. The third kappa shape index (κ3) is 9.65. The van der Waals surface area contributed by atoms with Gasteiger partial charge in [-0.25, -0.2) is 0 Å². The lowest BCUT2D eigenvalue weighted by Crippen LogP contribution is -2.41. The van der Waals surface area contributed by atoms with E-state index in [9.17, 15) is 0 Å². The van der Waals surface area contributed by atoms with Crippen molar-refractivity contribution in [3.63, 3.8) is 0 Å². The van der Waals surface area contributed by atoms with Crippen LogP contribution in [0.1, 0.15) is 18.1 Å². The number of methoxy groups -OCH3 is 2. The highest BCUT2D eigenvalue weighted by atomic mass is 127. The lowest BCUT2D eigenvalue weighted by atomic mass is 10.1. The normalized spacial score (nSPS) is 11.8. The van der Waals surface area contributed by atoms with Crippen molar-refractivity contribution in [2.45, 2.75) is 26.5 Å². The van der Waals surface area contributed by atoms with E-state index in [1.54, 1.807) is 21.3 Å². The van der Waals surface area contributed by atoms with Crippen LogP contribution in [0.25, 0.3) is 0 Å². The quantitative estimate of drug-likeness (QED) is 0.195. The summed E-state index contributed by atoms with van der Waals surface area (Å²) in [6.07, 6.45) is -0.0528. The lowest BCUT2D eigenvalue weighted by molar-refractivity contribution is 0.145. The Morgan fingerprint density at radius 2 is 1.81 bits per heavy atom. The second kappa shape index (κ2) is 14.7. The van der Waals surface area contributed by atoms with E-state index < -0.39 is 0 Å². The minimum absolute atomic E-state index is 0. The van der Waals surface area contributed by atoms with Crippen LogP contribution in [-0.4, -0.2) is 53.1 Å². The molecule has 0 aliphatic carbocycles. The van der Waals surface area contributed by atoms with E-state index in [1.807, 2.05) is 44.2 Å². The molecular formula is C23H34IN3O4. The molecule has 2 N–H and O–H groups in total. The summed E-state index contributed by atoms with van der Waals surface area (Å²) in [5, 5.41) is 6.62. The highest BCUT2D eigenvalue weighted by molar-refractivity contribution is 14.0. The first-order valence-corrected chi connectivity index (χ1v) is 10.0. The molecule has 2 rings (SSSR count). The van der Waals surface area contributed by atoms with E-state index in [0.717, 1.165) is 28.4 Å². The van der Waals surface area contributed by atoms with Gasteiger partial charge in [0, 0.05) is 32.3 Å². The summed E-state index contributed by atoms with van der Waals surface area (Å²) in [4.78, 5) is 4.29. The van der Waals surface area contributed by atoms with E-state index in [0.29, 0.717) is 32.3 Å². The predicted octanol–water partition coefficient (Wildman–Crippen LogP) is 3.78. The molecule has 172 valence electrons. The van der Waals surface area contributed by atoms with Gasteiger partial charge in [0.1, 0.15) is 30.0 Å². The molecule has 0 saturated heterocycles. The largest absolute Gasteiger partial charge is 0.497 e. The van der Waals surface area contributed by atoms with Crippen molar-refractivity contribution in [1.29, 1.82) is 0 Å². The number of hydrogen-bond acceptors (Lipinski definition) is 5. The topological polar surface area (TPSA) is 73.3 Å². The van der Waals surface area contributed by atoms with Crippen LogP contribution in [0.2, 0.25) is 0 Å². The number of nitrogens with zero attached hydrogens (tertiary/aromatic N) is 1. The van der Waals surface area contributed by atoms with Crippen LogP contribution in [0.4, 0.5) is 0 Å². The molecule has 31 heavy (non-hydrogen) atoms. The van der Waals surface area contributed by atoms with Crippen molar-refractivity contribution >= 4 is 29.9 Å². The smallest absolute Gasteiger partial charge is 0.191 e. The zero-order valence-corrected chi connectivity index (χ0v) is 21.3. The number of aryl methyl sites for hydroxylation is 1. The summed E-state index contributed by atoms with van der Waals surface area (Å²) in [6, 6.07) is 13.7. The zero-order chi connectivity index (χ0) is 21.8. The number of nitrogens with one attached hydrogen (secondary N) is 2. The van der Waals surface area contributed by atoms with Gasteiger partial charge in [-0.15, -0.1) is 24.0 Å². The van der Waals surface area contributed by atoms with Gasteiger partial charge in [-0.2, -0.15) is 0 Å². The van der Waals surface area contributed by atoms with Crippen molar-refractivity contribution in [3.05, 3.63) is 53.6 Å². The van der Waals surface area contributed by atoms with Crippen LogP contribution in [0.3, 0.4) is 0 Å². The summed E-state index contributed by atoms with van der Waals surface area (Å²) in [7, 11) is 5.05. The van der Waals surface area contributed by atoms with Crippen molar-refractivity contribution in [3.8, 4) is 17.2 Å². The maximum Gasteiger partial charge on any atom is 0.191 e. The van der Waals surface area contributed by atoms with Gasteiger partial charge in [0.05, 0.1) is 20.3 Å². The molecule has 7 nitrogen and oxygen atoms in total. The summed E-state index contributed by atoms with van der Waals surface area (Å²) in [5.41, 5.74) is 2.21. The Morgan fingerprint density at radius 3 is 2.52 bits per heavy atom. The van der Waals surface area contributed by atoms with Gasteiger partial charge in [0.2, 0.25) is 0 Å². The Balaban J connectivity index is 0.00000480. The van der Waals surface area contributed by atoms with Gasteiger partial charge in [-0.1, -0.05) is 18.2 Å². The monoisotopic (exact) mass is 543 g/mol. The number of halogens is 1. The molecule has 0 amide bonds. The number of benzene rings is 2. The second-order valence-corrected chi connectivity index (χ2v) is 6.87. The van der Waals surface area contributed by atoms with Crippen molar-refractivity contribution in [2.75, 3.05) is 41.0 Å². The third-order valence-corrected chi connectivity index (χ3v) is 4.37. The Hall–Kier alpha value is -2.20. The molecule has 0 heterocycles. The van der Waals surface area contributed by atoms with Gasteiger partial charge >= 0.3 is 0 Å². The average Bonchev–Trinajstić information content (AvgIpc) is 2.75. The minimum Gasteiger partial charge on any atom is -0.497 e. The van der Waals surface area contributed by atoms with Gasteiger partial charge in [0.25, 0.3) is 0 Å². The van der Waals surface area contributed by atoms with Gasteiger partial charge < -0.3 is 29.6 Å². The van der Waals surface area contributed by atoms with Crippen LogP contribution in [0.5, 0.6) is 17.2 Å². The van der Waals surface area contributed by atoms with E-state index in [4.69, 9.17) is 18.9 Å². The molecule has 1 unspecified atom stereocenters. The molecule has 2 aromatic rings. The first-order chi connectivity index (χ1) is 14.5. The molecule has 1 atom stereocenters. The van der Waals surface area contributed by atoms with Crippen molar-refractivity contribution in [1.82, 2.24) is 10.6 Å². The highest BCUT2D eigenvalue weighted by Crippen LogP contribution is 2.21. The van der Waals surface area contributed by atoms with E-state index >= 15 is 0 Å². The molecule has 8 heteroatoms. The minimum atomic E-state index is -0.0528. The molecule has 0 aliphatic heterocycles. The van der Waals surface area contributed by atoms with Gasteiger partial charge in [-0.3, -0.25) is 4.99 Å². The van der Waals surface area contributed by atoms with Gasteiger partial charge in [-0.05, 0) is 37.6 Å². The molecule has 0 radical (unpaired) electrons. The molecule has 0 aromatic heterocycles. The summed E-state index contributed by atoms with van der Waals surface area (Å²) >= 11 is 0. The van der Waals surface area contributed by atoms with Crippen LogP contribution in [-0.2, 0) is 11.3 Å². The van der Waals surface area contributed by atoms with Gasteiger partial charge in [0.15, 0.2) is 5.96 Å². The summed E-state index contributed by atoms with van der Waals surface area (Å²) in [6.45, 7) is 6.30. The molecular weight excluding hydrogens is 509 g/mol. The van der Waals surface area contributed by atoms with Crippen LogP contribution in [0, 0.1) is 6.92 Å². The predicted molar refractivity (Wildman–Crippen MR) is 135 cm³/mol. The van der Waals surface area contributed by atoms with Crippen LogP contribution >= 0.6 is 24.0 Å². The Kier molecular flexibility index (Phi) is 12.8. The lowest BCUT2D eigenvalue weighted by Gasteiger charge is -2.19. The second-order valence-electron chi connectivity index (χ2n) is 6.87. The maximum atomic E-state index is 5.94. The van der Waals surface area contributed by atoms with Crippen LogP contribution in [0.15, 0.2) is 47.5 Å². The van der Waals surface area contributed by atoms with Crippen molar-refractivity contribution in [2.24, 2.45) is 4.99 Å². The molecule has 0 bridgehead atoms. The molecule has 0 spiro atoms. The Morgan fingerprint density at radius 1 is 1.03 bits per heavy atom. The number of guanidine groups is 1. The number of aliphatic imine (C=N–C) groups is 1. The Bertz CT molecular complexity index is 817. The van der Waals surface area contributed by atoms with Crippen LogP contribution < -0.4 is 24.8 Å². The molecule has 0 fully saturated rings. The van der Waals surface area contributed by atoms with E-state index in [-0.39, 0.29) is 30.1 Å². The molecule has 0 aliphatic rings. The maximum absolute atomic E-state index is 5.94. The van der Waals surface area contributed by atoms with E-state index in [2.05, 4.69) is 27.8 Å². The average molecular weight is 543 g/mol. The molecule has 2 aromatic carbocycles. The summed E-state index contributed by atoms with van der Waals surface area (Å²) in [5.74, 6) is 3.08. The zero-order valence-electron chi connectivity index (χ0n) is 18.9. The SMILES string of the molecule is CN=C(NCc1ccc(C)cc1OCCOC)NCC(C)Oc1cccc(OC)c1.I. The summed E-state index contributed by atoms with van der Waals surface area (Å²) < 4.78 is 22.1. The fourth-order valence-electron chi connectivity index (χ4n) is 2.77. The molecule has 0 saturated carbocycles.